The molecule has 0 fully saturated rings. The maximum Gasteiger partial charge on any atom is 0.326 e. The zero-order valence-electron chi connectivity index (χ0n) is 13.3. The Kier molecular flexibility index (Phi) is 8.22. The van der Waals surface area contributed by atoms with Crippen LogP contribution in [-0.2, 0) is 4.79 Å². The van der Waals surface area contributed by atoms with Gasteiger partial charge in [-0.1, -0.05) is 34.6 Å². The van der Waals surface area contributed by atoms with Crippen molar-refractivity contribution >= 4 is 12.0 Å². The molecule has 1 unspecified atom stereocenters. The van der Waals surface area contributed by atoms with E-state index >= 15 is 0 Å². The predicted octanol–water partition coefficient (Wildman–Crippen LogP) is 1.52. The van der Waals surface area contributed by atoms with Crippen LogP contribution in [0.5, 0.6) is 0 Å². The fourth-order valence-corrected chi connectivity index (χ4v) is 1.90. The zero-order chi connectivity index (χ0) is 15.8. The molecule has 0 saturated heterocycles. The Morgan fingerprint density at radius 2 is 1.80 bits per heavy atom. The third-order valence-corrected chi connectivity index (χ3v) is 3.09. The fraction of sp³-hybridized carbons (Fsp3) is 0.857. The monoisotopic (exact) mass is 287 g/mol. The van der Waals surface area contributed by atoms with Crippen LogP contribution in [0.4, 0.5) is 4.79 Å². The van der Waals surface area contributed by atoms with Gasteiger partial charge in [-0.3, -0.25) is 0 Å². The second kappa shape index (κ2) is 8.79. The largest absolute Gasteiger partial charge is 0.480 e. The first-order valence-electron chi connectivity index (χ1n) is 7.21. The lowest BCUT2D eigenvalue weighted by Gasteiger charge is -2.28. The second-order valence-corrected chi connectivity index (χ2v) is 5.97. The molecule has 3 N–H and O–H groups in total. The summed E-state index contributed by atoms with van der Waals surface area (Å²) in [6.07, 6.45) is 1.07. The highest BCUT2D eigenvalue weighted by atomic mass is 16.4. The lowest BCUT2D eigenvalue weighted by molar-refractivity contribution is -0.141. The van der Waals surface area contributed by atoms with Gasteiger partial charge in [0.15, 0.2) is 0 Å². The number of urea groups is 1. The Morgan fingerprint density at radius 1 is 1.20 bits per heavy atom. The van der Waals surface area contributed by atoms with Crippen molar-refractivity contribution in [2.45, 2.75) is 47.1 Å². The standard InChI is InChI=1S/C14H29N3O3/c1-6-9-17(7-2)10-8-15-13(20)16-11(12(18)19)14(3,4)5/h11H,6-10H2,1-5H3,(H,18,19)(H2,15,16,20). The number of carbonyl (C=O) groups excluding carboxylic acids is 1. The lowest BCUT2D eigenvalue weighted by Crippen LogP contribution is -2.53. The van der Waals surface area contributed by atoms with E-state index in [1.165, 1.54) is 0 Å². The maximum absolute atomic E-state index is 11.7. The number of rotatable bonds is 8. The van der Waals surface area contributed by atoms with Crippen LogP contribution in [0.15, 0.2) is 0 Å². The van der Waals surface area contributed by atoms with Gasteiger partial charge in [-0.15, -0.1) is 0 Å². The molecule has 0 spiro atoms. The topological polar surface area (TPSA) is 81.7 Å². The Hall–Kier alpha value is -1.30. The van der Waals surface area contributed by atoms with E-state index in [4.69, 9.17) is 5.11 Å². The smallest absolute Gasteiger partial charge is 0.326 e. The van der Waals surface area contributed by atoms with E-state index in [1.807, 2.05) is 0 Å². The summed E-state index contributed by atoms with van der Waals surface area (Å²) in [6.45, 7) is 12.8. The molecule has 0 aliphatic rings. The van der Waals surface area contributed by atoms with E-state index in [9.17, 15) is 9.59 Å². The van der Waals surface area contributed by atoms with Crippen LogP contribution in [0.3, 0.4) is 0 Å². The summed E-state index contributed by atoms with van der Waals surface area (Å²) in [5.41, 5.74) is -0.527. The van der Waals surface area contributed by atoms with Crippen LogP contribution in [0, 0.1) is 5.41 Å². The lowest BCUT2D eigenvalue weighted by atomic mass is 9.87. The normalized spacial score (nSPS) is 13.1. The predicted molar refractivity (Wildman–Crippen MR) is 79.8 cm³/mol. The van der Waals surface area contributed by atoms with Gasteiger partial charge < -0.3 is 20.6 Å². The Morgan fingerprint density at radius 3 is 2.20 bits per heavy atom. The number of likely N-dealkylation sites (N-methyl/N-ethyl adjacent to an activating group) is 1. The van der Waals surface area contributed by atoms with Gasteiger partial charge in [-0.05, 0) is 24.9 Å². The molecular formula is C14H29N3O3. The average Bonchev–Trinajstić information content (AvgIpc) is 2.33. The first-order chi connectivity index (χ1) is 9.22. The molecule has 6 heteroatoms. The highest BCUT2D eigenvalue weighted by molar-refractivity contribution is 5.83. The SMILES string of the molecule is CCCN(CC)CCNC(=O)NC(C(=O)O)C(C)(C)C. The van der Waals surface area contributed by atoms with Crippen molar-refractivity contribution < 1.29 is 14.7 Å². The molecule has 0 radical (unpaired) electrons. The summed E-state index contributed by atoms with van der Waals surface area (Å²) < 4.78 is 0. The number of carbonyl (C=O) groups is 2. The molecule has 0 heterocycles. The van der Waals surface area contributed by atoms with Crippen LogP contribution in [-0.4, -0.2) is 54.2 Å². The molecule has 20 heavy (non-hydrogen) atoms. The Labute approximate surface area is 121 Å². The summed E-state index contributed by atoms with van der Waals surface area (Å²) in [6, 6.07) is -1.33. The summed E-state index contributed by atoms with van der Waals surface area (Å²) in [4.78, 5) is 25.1. The van der Waals surface area contributed by atoms with Gasteiger partial charge in [0.25, 0.3) is 0 Å². The number of aliphatic carboxylic acids is 1. The van der Waals surface area contributed by atoms with Crippen LogP contribution in [0.1, 0.15) is 41.0 Å². The van der Waals surface area contributed by atoms with Gasteiger partial charge in [0.2, 0.25) is 0 Å². The van der Waals surface area contributed by atoms with Gasteiger partial charge in [0.1, 0.15) is 6.04 Å². The molecule has 6 nitrogen and oxygen atoms in total. The maximum atomic E-state index is 11.7. The van der Waals surface area contributed by atoms with Gasteiger partial charge in [0.05, 0.1) is 0 Å². The first-order valence-corrected chi connectivity index (χ1v) is 7.21. The number of amides is 2. The van der Waals surface area contributed by atoms with Gasteiger partial charge in [0, 0.05) is 13.1 Å². The van der Waals surface area contributed by atoms with Crippen LogP contribution in [0.25, 0.3) is 0 Å². The van der Waals surface area contributed by atoms with Crippen molar-refractivity contribution in [2.75, 3.05) is 26.2 Å². The minimum Gasteiger partial charge on any atom is -0.480 e. The molecule has 0 bridgehead atoms. The van der Waals surface area contributed by atoms with Crippen molar-refractivity contribution in [3.05, 3.63) is 0 Å². The molecule has 0 aliphatic heterocycles. The van der Waals surface area contributed by atoms with Crippen molar-refractivity contribution in [1.82, 2.24) is 15.5 Å². The molecule has 0 rings (SSSR count). The van der Waals surface area contributed by atoms with Crippen molar-refractivity contribution in [1.29, 1.82) is 0 Å². The summed E-state index contributed by atoms with van der Waals surface area (Å²) in [5.74, 6) is -1.02. The van der Waals surface area contributed by atoms with Gasteiger partial charge >= 0.3 is 12.0 Å². The summed E-state index contributed by atoms with van der Waals surface area (Å²) in [7, 11) is 0. The number of hydrogen-bond acceptors (Lipinski definition) is 3. The molecule has 0 aromatic rings. The highest BCUT2D eigenvalue weighted by Gasteiger charge is 2.32. The number of carboxylic acids is 1. The Bertz CT molecular complexity index is 313. The minimum absolute atomic E-state index is 0.431. The summed E-state index contributed by atoms with van der Waals surface area (Å²) in [5, 5.41) is 14.3. The number of nitrogens with one attached hydrogen (secondary N) is 2. The molecule has 2 amide bonds. The highest BCUT2D eigenvalue weighted by Crippen LogP contribution is 2.19. The van der Waals surface area contributed by atoms with Crippen molar-refractivity contribution in [3.63, 3.8) is 0 Å². The van der Waals surface area contributed by atoms with Crippen molar-refractivity contribution in [3.8, 4) is 0 Å². The second-order valence-electron chi connectivity index (χ2n) is 5.97. The fourth-order valence-electron chi connectivity index (χ4n) is 1.90. The zero-order valence-corrected chi connectivity index (χ0v) is 13.3. The molecule has 0 aromatic heterocycles. The van der Waals surface area contributed by atoms with Gasteiger partial charge in [-0.2, -0.15) is 0 Å². The Balaban J connectivity index is 4.18. The van der Waals surface area contributed by atoms with Gasteiger partial charge in [-0.25, -0.2) is 9.59 Å². The molecule has 0 aromatic carbocycles. The van der Waals surface area contributed by atoms with E-state index < -0.39 is 23.5 Å². The molecular weight excluding hydrogens is 258 g/mol. The van der Waals surface area contributed by atoms with E-state index in [2.05, 4.69) is 29.4 Å². The minimum atomic E-state index is -1.02. The quantitative estimate of drug-likeness (QED) is 0.632. The average molecular weight is 287 g/mol. The molecule has 0 saturated carbocycles. The number of nitrogens with zero attached hydrogens (tertiary/aromatic N) is 1. The third kappa shape index (κ3) is 7.33. The molecule has 118 valence electrons. The number of hydrogen-bond donors (Lipinski definition) is 3. The molecule has 0 aliphatic carbocycles. The van der Waals surface area contributed by atoms with Crippen LogP contribution in [0.2, 0.25) is 0 Å². The van der Waals surface area contributed by atoms with E-state index in [0.717, 1.165) is 26.1 Å². The van der Waals surface area contributed by atoms with E-state index in [-0.39, 0.29) is 0 Å². The van der Waals surface area contributed by atoms with Crippen LogP contribution < -0.4 is 10.6 Å². The van der Waals surface area contributed by atoms with Crippen molar-refractivity contribution in [2.24, 2.45) is 5.41 Å². The molecule has 1 atom stereocenters. The number of carboxylic acid groups (broad SMARTS) is 1. The summed E-state index contributed by atoms with van der Waals surface area (Å²) >= 11 is 0. The first kappa shape index (κ1) is 18.7. The van der Waals surface area contributed by atoms with Crippen LogP contribution >= 0.6 is 0 Å². The van der Waals surface area contributed by atoms with E-state index in [1.54, 1.807) is 20.8 Å². The third-order valence-electron chi connectivity index (χ3n) is 3.09. The van der Waals surface area contributed by atoms with E-state index in [0.29, 0.717) is 6.54 Å².